The number of hydrogen-bond acceptors (Lipinski definition) is 3. The third kappa shape index (κ3) is 3.20. The number of non-ortho nitro benzene ring substituents is 1. The van der Waals surface area contributed by atoms with E-state index in [1.54, 1.807) is 0 Å². The number of rotatable bonds is 4. The molecule has 102 valence electrons. The predicted molar refractivity (Wildman–Crippen MR) is 76.9 cm³/mol. The van der Waals surface area contributed by atoms with Crippen molar-refractivity contribution in [1.82, 2.24) is 0 Å². The first-order valence-electron chi connectivity index (χ1n) is 6.25. The van der Waals surface area contributed by atoms with Gasteiger partial charge in [-0.05, 0) is 36.2 Å². The number of nitrogens with one attached hydrogen (secondary N) is 1. The molecule has 0 aromatic heterocycles. The van der Waals surface area contributed by atoms with E-state index in [1.807, 2.05) is 24.3 Å². The SMILES string of the molecule is CCc1ccc(NC(=O)c2ccc([N+](=O)[O-])cc2)cc1. The Kier molecular flexibility index (Phi) is 4.10. The Morgan fingerprint density at radius 3 is 2.20 bits per heavy atom. The van der Waals surface area contributed by atoms with E-state index in [2.05, 4.69) is 12.2 Å². The van der Waals surface area contributed by atoms with Crippen LogP contribution in [0, 0.1) is 10.1 Å². The summed E-state index contributed by atoms with van der Waals surface area (Å²) >= 11 is 0. The van der Waals surface area contributed by atoms with Crippen molar-refractivity contribution in [3.63, 3.8) is 0 Å². The summed E-state index contributed by atoms with van der Waals surface area (Å²) in [5.74, 6) is -0.288. The predicted octanol–water partition coefficient (Wildman–Crippen LogP) is 3.41. The molecule has 2 aromatic carbocycles. The van der Waals surface area contributed by atoms with Gasteiger partial charge < -0.3 is 5.32 Å². The lowest BCUT2D eigenvalue weighted by Gasteiger charge is -2.06. The van der Waals surface area contributed by atoms with Crippen LogP contribution in [0.5, 0.6) is 0 Å². The minimum Gasteiger partial charge on any atom is -0.322 e. The number of carbonyl (C=O) groups is 1. The number of hydrogen-bond donors (Lipinski definition) is 1. The van der Waals surface area contributed by atoms with Gasteiger partial charge in [-0.3, -0.25) is 14.9 Å². The van der Waals surface area contributed by atoms with Gasteiger partial charge in [-0.2, -0.15) is 0 Å². The lowest BCUT2D eigenvalue weighted by atomic mass is 10.1. The van der Waals surface area contributed by atoms with Crippen molar-refractivity contribution in [2.45, 2.75) is 13.3 Å². The number of benzene rings is 2. The fraction of sp³-hybridized carbons (Fsp3) is 0.133. The van der Waals surface area contributed by atoms with Gasteiger partial charge in [-0.1, -0.05) is 19.1 Å². The standard InChI is InChI=1S/C15H14N2O3/c1-2-11-3-7-13(8-4-11)16-15(18)12-5-9-14(10-6-12)17(19)20/h3-10H,2H2,1H3,(H,16,18). The van der Waals surface area contributed by atoms with Crippen LogP contribution in [0.1, 0.15) is 22.8 Å². The van der Waals surface area contributed by atoms with Crippen LogP contribution in [-0.4, -0.2) is 10.8 Å². The average Bonchev–Trinajstić information content (AvgIpc) is 2.48. The van der Waals surface area contributed by atoms with Crippen molar-refractivity contribution >= 4 is 17.3 Å². The van der Waals surface area contributed by atoms with Gasteiger partial charge in [-0.25, -0.2) is 0 Å². The second-order valence-corrected chi connectivity index (χ2v) is 4.31. The summed E-state index contributed by atoms with van der Waals surface area (Å²) in [6, 6.07) is 13.1. The van der Waals surface area contributed by atoms with Gasteiger partial charge >= 0.3 is 0 Å². The van der Waals surface area contributed by atoms with E-state index in [0.29, 0.717) is 11.3 Å². The molecule has 5 heteroatoms. The highest BCUT2D eigenvalue weighted by Gasteiger charge is 2.09. The molecule has 0 atom stereocenters. The Labute approximate surface area is 116 Å². The van der Waals surface area contributed by atoms with E-state index < -0.39 is 4.92 Å². The summed E-state index contributed by atoms with van der Waals surface area (Å²) < 4.78 is 0. The number of aryl methyl sites for hydroxylation is 1. The number of carbonyl (C=O) groups excluding carboxylic acids is 1. The zero-order valence-electron chi connectivity index (χ0n) is 11.0. The maximum absolute atomic E-state index is 12.0. The van der Waals surface area contributed by atoms with Gasteiger partial charge in [0.2, 0.25) is 0 Å². The molecular weight excluding hydrogens is 256 g/mol. The fourth-order valence-electron chi connectivity index (χ4n) is 1.76. The normalized spacial score (nSPS) is 10.1. The van der Waals surface area contributed by atoms with Gasteiger partial charge in [0.05, 0.1) is 4.92 Å². The molecule has 0 radical (unpaired) electrons. The molecule has 0 aliphatic carbocycles. The van der Waals surface area contributed by atoms with E-state index in [1.165, 1.54) is 29.8 Å². The molecule has 2 aromatic rings. The maximum atomic E-state index is 12.0. The van der Waals surface area contributed by atoms with Gasteiger partial charge in [-0.15, -0.1) is 0 Å². The molecular formula is C15H14N2O3. The van der Waals surface area contributed by atoms with E-state index >= 15 is 0 Å². The molecule has 5 nitrogen and oxygen atoms in total. The molecule has 1 N–H and O–H groups in total. The number of amides is 1. The van der Waals surface area contributed by atoms with Gasteiger partial charge in [0.25, 0.3) is 11.6 Å². The van der Waals surface area contributed by atoms with Gasteiger partial charge in [0.1, 0.15) is 0 Å². The molecule has 0 saturated heterocycles. The smallest absolute Gasteiger partial charge is 0.269 e. The van der Waals surface area contributed by atoms with Crippen LogP contribution in [0.3, 0.4) is 0 Å². The van der Waals surface area contributed by atoms with Crippen molar-refractivity contribution in [3.8, 4) is 0 Å². The largest absolute Gasteiger partial charge is 0.322 e. The molecule has 20 heavy (non-hydrogen) atoms. The minimum atomic E-state index is -0.495. The Balaban J connectivity index is 2.08. The van der Waals surface area contributed by atoms with Crippen LogP contribution >= 0.6 is 0 Å². The molecule has 0 fully saturated rings. The number of nitro benzene ring substituents is 1. The molecule has 0 aliphatic rings. The Morgan fingerprint density at radius 1 is 1.10 bits per heavy atom. The van der Waals surface area contributed by atoms with E-state index in [4.69, 9.17) is 0 Å². The van der Waals surface area contributed by atoms with E-state index in [0.717, 1.165) is 6.42 Å². The molecule has 0 spiro atoms. The Hall–Kier alpha value is -2.69. The molecule has 1 amide bonds. The monoisotopic (exact) mass is 270 g/mol. The zero-order chi connectivity index (χ0) is 14.5. The third-order valence-electron chi connectivity index (χ3n) is 2.96. The molecule has 0 saturated carbocycles. The lowest BCUT2D eigenvalue weighted by molar-refractivity contribution is -0.384. The van der Waals surface area contributed by atoms with E-state index in [-0.39, 0.29) is 11.6 Å². The Morgan fingerprint density at radius 2 is 1.70 bits per heavy atom. The van der Waals surface area contributed by atoms with Crippen LogP contribution in [0.25, 0.3) is 0 Å². The number of anilines is 1. The molecule has 2 rings (SSSR count). The highest BCUT2D eigenvalue weighted by molar-refractivity contribution is 6.04. The molecule has 0 unspecified atom stereocenters. The summed E-state index contributed by atoms with van der Waals surface area (Å²) in [7, 11) is 0. The highest BCUT2D eigenvalue weighted by Crippen LogP contribution is 2.15. The van der Waals surface area contributed by atoms with Crippen LogP contribution in [0.4, 0.5) is 11.4 Å². The van der Waals surface area contributed by atoms with Crippen molar-refractivity contribution in [2.24, 2.45) is 0 Å². The second kappa shape index (κ2) is 5.97. The minimum absolute atomic E-state index is 0.0335. The second-order valence-electron chi connectivity index (χ2n) is 4.31. The van der Waals surface area contributed by atoms with Crippen LogP contribution < -0.4 is 5.32 Å². The lowest BCUT2D eigenvalue weighted by Crippen LogP contribution is -2.11. The fourth-order valence-corrected chi connectivity index (χ4v) is 1.76. The van der Waals surface area contributed by atoms with Crippen LogP contribution in [-0.2, 0) is 6.42 Å². The van der Waals surface area contributed by atoms with Crippen molar-refractivity contribution in [3.05, 3.63) is 69.8 Å². The summed E-state index contributed by atoms with van der Waals surface area (Å²) in [5, 5.41) is 13.3. The zero-order valence-corrected chi connectivity index (χ0v) is 11.0. The molecule has 0 heterocycles. The van der Waals surface area contributed by atoms with Crippen LogP contribution in [0.15, 0.2) is 48.5 Å². The quantitative estimate of drug-likeness (QED) is 0.683. The first kappa shape index (κ1) is 13.7. The van der Waals surface area contributed by atoms with Crippen molar-refractivity contribution < 1.29 is 9.72 Å². The summed E-state index contributed by atoms with van der Waals surface area (Å²) in [4.78, 5) is 22.0. The number of nitro groups is 1. The summed E-state index contributed by atoms with van der Waals surface area (Å²) in [6.45, 7) is 2.06. The first-order valence-corrected chi connectivity index (χ1v) is 6.25. The maximum Gasteiger partial charge on any atom is 0.269 e. The summed E-state index contributed by atoms with van der Waals surface area (Å²) in [5.41, 5.74) is 2.24. The topological polar surface area (TPSA) is 72.2 Å². The van der Waals surface area contributed by atoms with Gasteiger partial charge in [0.15, 0.2) is 0 Å². The van der Waals surface area contributed by atoms with Crippen molar-refractivity contribution in [2.75, 3.05) is 5.32 Å². The van der Waals surface area contributed by atoms with Crippen LogP contribution in [0.2, 0.25) is 0 Å². The van der Waals surface area contributed by atoms with Gasteiger partial charge in [0, 0.05) is 23.4 Å². The average molecular weight is 270 g/mol. The number of nitrogens with zero attached hydrogens (tertiary/aromatic N) is 1. The Bertz CT molecular complexity index is 619. The molecule has 0 aliphatic heterocycles. The third-order valence-corrected chi connectivity index (χ3v) is 2.96. The highest BCUT2D eigenvalue weighted by atomic mass is 16.6. The summed E-state index contributed by atoms with van der Waals surface area (Å²) in [6.07, 6.45) is 0.941. The molecule has 0 bridgehead atoms. The van der Waals surface area contributed by atoms with E-state index in [9.17, 15) is 14.9 Å². The van der Waals surface area contributed by atoms with Crippen molar-refractivity contribution in [1.29, 1.82) is 0 Å². The first-order chi connectivity index (χ1) is 9.60.